The lowest BCUT2D eigenvalue weighted by Crippen LogP contribution is -2.38. The molecule has 2 amide bonds. The summed E-state index contributed by atoms with van der Waals surface area (Å²) in [4.78, 5) is 38.6. The Labute approximate surface area is 179 Å². The van der Waals surface area contributed by atoms with E-state index in [2.05, 4.69) is 5.32 Å². The third-order valence-electron chi connectivity index (χ3n) is 4.80. The molecule has 0 aliphatic carbocycles. The van der Waals surface area contributed by atoms with Crippen LogP contribution in [0.5, 0.6) is 5.75 Å². The van der Waals surface area contributed by atoms with Crippen molar-refractivity contribution in [1.29, 1.82) is 0 Å². The molecule has 0 aromatic heterocycles. The molecule has 1 heterocycles. The van der Waals surface area contributed by atoms with Crippen molar-refractivity contribution < 1.29 is 23.9 Å². The van der Waals surface area contributed by atoms with Crippen LogP contribution in [0.1, 0.15) is 30.9 Å². The number of hydrogen-bond donors (Lipinski definition) is 1. The van der Waals surface area contributed by atoms with Gasteiger partial charge in [0, 0.05) is 17.9 Å². The van der Waals surface area contributed by atoms with E-state index in [1.165, 1.54) is 7.11 Å². The predicted octanol–water partition coefficient (Wildman–Crippen LogP) is 3.27. The standard InChI is InChI=1S/C22H23ClN2O5/c1-29-22(28)14-17(15-6-8-16(23)9-7-15)24-20(26)10-11-21(27)25-12-13-30-19-5-3-2-4-18(19)25/h2-9,17H,10-14H2,1H3,(H,24,26). The molecule has 0 radical (unpaired) electrons. The number of carbonyl (C=O) groups excluding carboxylic acids is 3. The zero-order valence-electron chi connectivity index (χ0n) is 16.6. The zero-order valence-corrected chi connectivity index (χ0v) is 17.4. The van der Waals surface area contributed by atoms with Gasteiger partial charge in [-0.05, 0) is 29.8 Å². The molecule has 158 valence electrons. The van der Waals surface area contributed by atoms with E-state index in [-0.39, 0.29) is 31.1 Å². The molecule has 2 aromatic rings. The van der Waals surface area contributed by atoms with Gasteiger partial charge in [-0.1, -0.05) is 35.9 Å². The van der Waals surface area contributed by atoms with E-state index in [9.17, 15) is 14.4 Å². The van der Waals surface area contributed by atoms with Gasteiger partial charge in [-0.25, -0.2) is 0 Å². The van der Waals surface area contributed by atoms with Crippen molar-refractivity contribution in [3.63, 3.8) is 0 Å². The number of esters is 1. The Morgan fingerprint density at radius 1 is 1.13 bits per heavy atom. The minimum absolute atomic E-state index is 0.00359. The summed E-state index contributed by atoms with van der Waals surface area (Å²) in [6, 6.07) is 13.6. The molecular weight excluding hydrogens is 408 g/mol. The molecule has 0 saturated heterocycles. The largest absolute Gasteiger partial charge is 0.490 e. The minimum Gasteiger partial charge on any atom is -0.490 e. The predicted molar refractivity (Wildman–Crippen MR) is 112 cm³/mol. The Morgan fingerprint density at radius 2 is 1.87 bits per heavy atom. The smallest absolute Gasteiger partial charge is 0.307 e. The number of anilines is 1. The lowest BCUT2D eigenvalue weighted by atomic mass is 10.0. The number of rotatable bonds is 7. The number of nitrogens with one attached hydrogen (secondary N) is 1. The number of halogens is 1. The van der Waals surface area contributed by atoms with Gasteiger partial charge < -0.3 is 19.7 Å². The van der Waals surface area contributed by atoms with Crippen LogP contribution in [0.4, 0.5) is 5.69 Å². The van der Waals surface area contributed by atoms with Gasteiger partial charge in [0.25, 0.3) is 0 Å². The van der Waals surface area contributed by atoms with Crippen LogP contribution in [0.25, 0.3) is 0 Å². The third kappa shape index (κ3) is 5.51. The topological polar surface area (TPSA) is 84.9 Å². The number of amides is 2. The highest BCUT2D eigenvalue weighted by atomic mass is 35.5. The van der Waals surface area contributed by atoms with E-state index in [0.29, 0.717) is 29.6 Å². The Morgan fingerprint density at radius 3 is 2.60 bits per heavy atom. The van der Waals surface area contributed by atoms with Crippen LogP contribution in [0.15, 0.2) is 48.5 Å². The van der Waals surface area contributed by atoms with Crippen molar-refractivity contribution in [2.75, 3.05) is 25.2 Å². The average molecular weight is 431 g/mol. The Bertz CT molecular complexity index is 916. The monoisotopic (exact) mass is 430 g/mol. The lowest BCUT2D eigenvalue weighted by Gasteiger charge is -2.29. The van der Waals surface area contributed by atoms with E-state index >= 15 is 0 Å². The van der Waals surface area contributed by atoms with Crippen molar-refractivity contribution in [3.05, 3.63) is 59.1 Å². The number of nitrogens with zero attached hydrogens (tertiary/aromatic N) is 1. The molecule has 1 unspecified atom stereocenters. The maximum Gasteiger partial charge on any atom is 0.307 e. The van der Waals surface area contributed by atoms with Crippen LogP contribution in [-0.2, 0) is 19.1 Å². The van der Waals surface area contributed by atoms with Crippen molar-refractivity contribution in [1.82, 2.24) is 5.32 Å². The number of hydrogen-bond acceptors (Lipinski definition) is 5. The van der Waals surface area contributed by atoms with Gasteiger partial charge in [0.05, 0.1) is 31.8 Å². The number of para-hydroxylation sites is 2. The first-order valence-electron chi connectivity index (χ1n) is 9.61. The van der Waals surface area contributed by atoms with Crippen LogP contribution in [-0.4, -0.2) is 38.0 Å². The van der Waals surface area contributed by atoms with E-state index < -0.39 is 12.0 Å². The van der Waals surface area contributed by atoms with Crippen molar-refractivity contribution >= 4 is 35.1 Å². The van der Waals surface area contributed by atoms with E-state index in [0.717, 1.165) is 5.56 Å². The van der Waals surface area contributed by atoms with Crippen LogP contribution < -0.4 is 15.0 Å². The fraction of sp³-hybridized carbons (Fsp3) is 0.318. The van der Waals surface area contributed by atoms with E-state index in [1.54, 1.807) is 29.2 Å². The number of methoxy groups -OCH3 is 1. The van der Waals surface area contributed by atoms with Crippen LogP contribution >= 0.6 is 11.6 Å². The molecule has 1 aliphatic rings. The molecule has 0 fully saturated rings. The summed E-state index contributed by atoms with van der Waals surface area (Å²) in [7, 11) is 1.29. The fourth-order valence-electron chi connectivity index (χ4n) is 3.25. The summed E-state index contributed by atoms with van der Waals surface area (Å²) < 4.78 is 10.3. The summed E-state index contributed by atoms with van der Waals surface area (Å²) in [5, 5.41) is 3.37. The molecule has 1 aliphatic heterocycles. The van der Waals surface area contributed by atoms with Gasteiger partial charge in [0.2, 0.25) is 11.8 Å². The normalized spacial score (nSPS) is 13.6. The Kier molecular flexibility index (Phi) is 7.30. The maximum absolute atomic E-state index is 12.7. The molecule has 3 rings (SSSR count). The first-order valence-corrected chi connectivity index (χ1v) is 9.99. The molecule has 0 spiro atoms. The quantitative estimate of drug-likeness (QED) is 0.681. The highest BCUT2D eigenvalue weighted by Gasteiger charge is 2.24. The summed E-state index contributed by atoms with van der Waals surface area (Å²) in [5.41, 5.74) is 1.44. The lowest BCUT2D eigenvalue weighted by molar-refractivity contribution is -0.141. The Hall–Kier alpha value is -3.06. The van der Waals surface area contributed by atoms with Crippen molar-refractivity contribution in [2.45, 2.75) is 25.3 Å². The van der Waals surface area contributed by atoms with E-state index in [1.807, 2.05) is 24.3 Å². The van der Waals surface area contributed by atoms with Gasteiger partial charge in [-0.3, -0.25) is 14.4 Å². The molecule has 1 atom stereocenters. The van der Waals surface area contributed by atoms with Gasteiger partial charge in [-0.15, -0.1) is 0 Å². The molecule has 2 aromatic carbocycles. The molecule has 30 heavy (non-hydrogen) atoms. The number of fused-ring (bicyclic) bond motifs is 1. The summed E-state index contributed by atoms with van der Waals surface area (Å²) in [6.07, 6.45) is 0.0318. The first kappa shape index (κ1) is 21.6. The van der Waals surface area contributed by atoms with Gasteiger partial charge in [0.1, 0.15) is 12.4 Å². The molecular formula is C22H23ClN2O5. The second-order valence-corrected chi connectivity index (χ2v) is 7.25. The maximum atomic E-state index is 12.7. The molecule has 0 bridgehead atoms. The second kappa shape index (κ2) is 10.1. The molecule has 0 saturated carbocycles. The number of benzene rings is 2. The zero-order chi connectivity index (χ0) is 21.5. The SMILES string of the molecule is COC(=O)CC(NC(=O)CCC(=O)N1CCOc2ccccc21)c1ccc(Cl)cc1. The fourth-order valence-corrected chi connectivity index (χ4v) is 3.37. The van der Waals surface area contributed by atoms with Crippen molar-refractivity contribution in [3.8, 4) is 5.75 Å². The number of ether oxygens (including phenoxy) is 2. The second-order valence-electron chi connectivity index (χ2n) is 6.81. The highest BCUT2D eigenvalue weighted by Crippen LogP contribution is 2.31. The minimum atomic E-state index is -0.568. The van der Waals surface area contributed by atoms with Crippen molar-refractivity contribution in [2.24, 2.45) is 0 Å². The summed E-state index contributed by atoms with van der Waals surface area (Å²) >= 11 is 5.92. The third-order valence-corrected chi connectivity index (χ3v) is 5.05. The molecule has 7 nitrogen and oxygen atoms in total. The average Bonchev–Trinajstić information content (AvgIpc) is 2.77. The van der Waals surface area contributed by atoms with Gasteiger partial charge >= 0.3 is 5.97 Å². The highest BCUT2D eigenvalue weighted by molar-refractivity contribution is 6.30. The van der Waals surface area contributed by atoms with Gasteiger partial charge in [0.15, 0.2) is 0 Å². The van der Waals surface area contributed by atoms with Crippen LogP contribution in [0.2, 0.25) is 5.02 Å². The van der Waals surface area contributed by atoms with Crippen LogP contribution in [0, 0.1) is 0 Å². The molecule has 8 heteroatoms. The Balaban J connectivity index is 1.61. The number of carbonyl (C=O) groups is 3. The van der Waals surface area contributed by atoms with Gasteiger partial charge in [-0.2, -0.15) is 0 Å². The summed E-state index contributed by atoms with van der Waals surface area (Å²) in [5.74, 6) is -0.274. The van der Waals surface area contributed by atoms with Crippen LogP contribution in [0.3, 0.4) is 0 Å². The first-order chi connectivity index (χ1) is 14.5. The molecule has 1 N–H and O–H groups in total. The summed E-state index contributed by atoms with van der Waals surface area (Å²) in [6.45, 7) is 0.847. The van der Waals surface area contributed by atoms with E-state index in [4.69, 9.17) is 21.1 Å².